The van der Waals surface area contributed by atoms with Gasteiger partial charge < -0.3 is 14.7 Å². The van der Waals surface area contributed by atoms with Crippen LogP contribution in [-0.2, 0) is 4.74 Å². The number of halogens is 2. The summed E-state index contributed by atoms with van der Waals surface area (Å²) in [6.07, 6.45) is -3.19. The number of hydrogen-bond donors (Lipinski definition) is 1. The van der Waals surface area contributed by atoms with Gasteiger partial charge in [-0.3, -0.25) is 0 Å². The van der Waals surface area contributed by atoms with Crippen molar-refractivity contribution in [3.05, 3.63) is 0 Å². The Balaban J connectivity index is 2.46. The third kappa shape index (κ3) is 4.76. The second-order valence-corrected chi connectivity index (χ2v) is 5.79. The summed E-state index contributed by atoms with van der Waals surface area (Å²) in [6.45, 7) is 5.79. The maximum absolute atomic E-state index is 12.3. The smallest absolute Gasteiger partial charge is 0.410 e. The highest BCUT2D eigenvalue weighted by molar-refractivity contribution is 5.68. The second-order valence-electron chi connectivity index (χ2n) is 5.79. The molecule has 0 spiro atoms. The molecule has 1 fully saturated rings. The highest BCUT2D eigenvalue weighted by Gasteiger charge is 2.37. The van der Waals surface area contributed by atoms with Crippen LogP contribution in [0.1, 0.15) is 40.0 Å². The summed E-state index contributed by atoms with van der Waals surface area (Å²) in [6, 6.07) is 0. The zero-order chi connectivity index (χ0) is 14.0. The molecule has 18 heavy (non-hydrogen) atoms. The van der Waals surface area contributed by atoms with Gasteiger partial charge in [-0.1, -0.05) is 0 Å². The first-order chi connectivity index (χ1) is 8.11. The zero-order valence-electron chi connectivity index (χ0n) is 11.1. The number of alkyl halides is 2. The molecule has 0 aromatic heterocycles. The number of hydrogen-bond acceptors (Lipinski definition) is 3. The predicted octanol–water partition coefficient (Wildman–Crippen LogP) is 2.40. The van der Waals surface area contributed by atoms with E-state index in [-0.39, 0.29) is 25.9 Å². The highest BCUT2D eigenvalue weighted by atomic mass is 19.3. The molecule has 6 heteroatoms. The van der Waals surface area contributed by atoms with E-state index in [1.165, 1.54) is 4.90 Å². The molecule has 0 radical (unpaired) electrons. The third-order valence-electron chi connectivity index (χ3n) is 2.88. The van der Waals surface area contributed by atoms with Gasteiger partial charge in [-0.2, -0.15) is 0 Å². The van der Waals surface area contributed by atoms with Crippen molar-refractivity contribution in [3.63, 3.8) is 0 Å². The number of rotatable bonds is 2. The molecule has 1 heterocycles. The topological polar surface area (TPSA) is 49.8 Å². The maximum atomic E-state index is 12.3. The molecule has 1 aliphatic rings. The molecule has 1 N–H and O–H groups in total. The summed E-state index contributed by atoms with van der Waals surface area (Å²) in [4.78, 5) is 13.2. The standard InChI is InChI=1S/C12H21F2NO3/c1-11(2,3)18-10(16)15-6-4-12(17,5-7-15)8-9(13)14/h9,17H,4-8H2,1-3H3. The Bertz CT molecular complexity index is 294. The van der Waals surface area contributed by atoms with Gasteiger partial charge in [-0.15, -0.1) is 0 Å². The van der Waals surface area contributed by atoms with E-state index in [2.05, 4.69) is 0 Å². The fourth-order valence-corrected chi connectivity index (χ4v) is 1.92. The average Bonchev–Trinajstić information content (AvgIpc) is 2.13. The van der Waals surface area contributed by atoms with Crippen molar-refractivity contribution in [1.82, 2.24) is 4.90 Å². The fraction of sp³-hybridized carbons (Fsp3) is 0.917. The fourth-order valence-electron chi connectivity index (χ4n) is 1.92. The quantitative estimate of drug-likeness (QED) is 0.834. The SMILES string of the molecule is CC(C)(C)OC(=O)N1CCC(O)(CC(F)F)CC1. The first kappa shape index (κ1) is 15.1. The summed E-state index contributed by atoms with van der Waals surface area (Å²) in [5.41, 5.74) is -1.93. The van der Waals surface area contributed by atoms with E-state index in [1.807, 2.05) is 0 Å². The monoisotopic (exact) mass is 265 g/mol. The van der Waals surface area contributed by atoms with Crippen molar-refractivity contribution < 1.29 is 23.4 Å². The number of aliphatic hydroxyl groups is 1. The molecule has 0 aromatic rings. The molecule has 0 saturated carbocycles. The van der Waals surface area contributed by atoms with E-state index in [0.29, 0.717) is 0 Å². The van der Waals surface area contributed by atoms with Crippen LogP contribution in [0.15, 0.2) is 0 Å². The molecule has 0 aromatic carbocycles. The van der Waals surface area contributed by atoms with Gasteiger partial charge in [-0.25, -0.2) is 13.6 Å². The van der Waals surface area contributed by atoms with Gasteiger partial charge in [0.05, 0.1) is 5.60 Å². The number of piperidine rings is 1. The minimum Gasteiger partial charge on any atom is -0.444 e. The number of likely N-dealkylation sites (tertiary alicyclic amines) is 1. The van der Waals surface area contributed by atoms with Gasteiger partial charge in [-0.05, 0) is 33.6 Å². The van der Waals surface area contributed by atoms with E-state index < -0.39 is 30.1 Å². The molecular formula is C12H21F2NO3. The van der Waals surface area contributed by atoms with Crippen LogP contribution in [0.25, 0.3) is 0 Å². The number of nitrogens with zero attached hydrogens (tertiary/aromatic N) is 1. The Morgan fingerprint density at radius 1 is 1.39 bits per heavy atom. The van der Waals surface area contributed by atoms with E-state index in [0.717, 1.165) is 0 Å². The van der Waals surface area contributed by atoms with Crippen LogP contribution >= 0.6 is 0 Å². The van der Waals surface area contributed by atoms with Crippen molar-refractivity contribution in [3.8, 4) is 0 Å². The van der Waals surface area contributed by atoms with Gasteiger partial charge in [0, 0.05) is 19.5 Å². The zero-order valence-corrected chi connectivity index (χ0v) is 11.1. The van der Waals surface area contributed by atoms with Gasteiger partial charge in [0.2, 0.25) is 6.43 Å². The summed E-state index contributed by atoms with van der Waals surface area (Å²) >= 11 is 0. The number of carbonyl (C=O) groups is 1. The average molecular weight is 265 g/mol. The molecule has 0 atom stereocenters. The molecule has 1 amide bonds. The summed E-state index contributed by atoms with van der Waals surface area (Å²) in [7, 11) is 0. The van der Waals surface area contributed by atoms with Crippen molar-refractivity contribution in [2.45, 2.75) is 57.7 Å². The van der Waals surface area contributed by atoms with Crippen LogP contribution in [0.2, 0.25) is 0 Å². The second kappa shape index (κ2) is 5.38. The summed E-state index contributed by atoms with van der Waals surface area (Å²) < 4.78 is 29.7. The van der Waals surface area contributed by atoms with Crippen LogP contribution < -0.4 is 0 Å². The lowest BCUT2D eigenvalue weighted by Crippen LogP contribution is -2.48. The molecule has 0 unspecified atom stereocenters. The van der Waals surface area contributed by atoms with Crippen LogP contribution in [0.5, 0.6) is 0 Å². The molecule has 106 valence electrons. The normalized spacial score (nSPS) is 20.1. The molecule has 4 nitrogen and oxygen atoms in total. The van der Waals surface area contributed by atoms with Gasteiger partial charge >= 0.3 is 6.09 Å². The van der Waals surface area contributed by atoms with Gasteiger partial charge in [0.1, 0.15) is 5.60 Å². The molecule has 1 rings (SSSR count). The lowest BCUT2D eigenvalue weighted by molar-refractivity contribution is -0.0643. The Labute approximate surface area is 106 Å². The first-order valence-corrected chi connectivity index (χ1v) is 6.10. The first-order valence-electron chi connectivity index (χ1n) is 6.10. The minimum absolute atomic E-state index is 0.163. The molecule has 0 aliphatic carbocycles. The highest BCUT2D eigenvalue weighted by Crippen LogP contribution is 2.28. The van der Waals surface area contributed by atoms with Crippen LogP contribution in [0.4, 0.5) is 13.6 Å². The van der Waals surface area contributed by atoms with E-state index >= 15 is 0 Å². The van der Waals surface area contributed by atoms with Crippen LogP contribution in [0.3, 0.4) is 0 Å². The molecule has 1 aliphatic heterocycles. The third-order valence-corrected chi connectivity index (χ3v) is 2.88. The minimum atomic E-state index is -2.52. The van der Waals surface area contributed by atoms with E-state index in [9.17, 15) is 18.7 Å². The Morgan fingerprint density at radius 2 is 1.89 bits per heavy atom. The predicted molar refractivity (Wildman–Crippen MR) is 62.6 cm³/mol. The van der Waals surface area contributed by atoms with Gasteiger partial charge in [0.15, 0.2) is 0 Å². The Morgan fingerprint density at radius 3 is 2.28 bits per heavy atom. The summed E-state index contributed by atoms with van der Waals surface area (Å²) in [5.74, 6) is 0. The van der Waals surface area contributed by atoms with Crippen LogP contribution in [-0.4, -0.2) is 46.8 Å². The van der Waals surface area contributed by atoms with Gasteiger partial charge in [0.25, 0.3) is 0 Å². The lowest BCUT2D eigenvalue weighted by Gasteiger charge is -2.38. The Kier molecular flexibility index (Phi) is 4.53. The molecule has 1 saturated heterocycles. The number of ether oxygens (including phenoxy) is 1. The van der Waals surface area contributed by atoms with Crippen LogP contribution in [0, 0.1) is 0 Å². The summed E-state index contributed by atoms with van der Waals surface area (Å²) in [5, 5.41) is 9.92. The lowest BCUT2D eigenvalue weighted by atomic mass is 9.88. The van der Waals surface area contributed by atoms with Crippen molar-refractivity contribution >= 4 is 6.09 Å². The van der Waals surface area contributed by atoms with Crippen molar-refractivity contribution in [2.24, 2.45) is 0 Å². The van der Waals surface area contributed by atoms with Crippen molar-refractivity contribution in [1.29, 1.82) is 0 Å². The Hall–Kier alpha value is -0.910. The van der Waals surface area contributed by atoms with E-state index in [4.69, 9.17) is 4.74 Å². The maximum Gasteiger partial charge on any atom is 0.410 e. The molecular weight excluding hydrogens is 244 g/mol. The molecule has 0 bridgehead atoms. The number of amides is 1. The van der Waals surface area contributed by atoms with E-state index in [1.54, 1.807) is 20.8 Å². The number of carbonyl (C=O) groups excluding carboxylic acids is 1. The van der Waals surface area contributed by atoms with Crippen molar-refractivity contribution in [2.75, 3.05) is 13.1 Å². The largest absolute Gasteiger partial charge is 0.444 e.